The van der Waals surface area contributed by atoms with Crippen molar-refractivity contribution < 1.29 is 4.79 Å². The topological polar surface area (TPSA) is 29.1 Å². The van der Waals surface area contributed by atoms with Crippen LogP contribution in [0.25, 0.3) is 0 Å². The first-order valence-electron chi connectivity index (χ1n) is 5.84. The quantitative estimate of drug-likeness (QED) is 0.655. The van der Waals surface area contributed by atoms with Gasteiger partial charge in [0.1, 0.15) is 0 Å². The van der Waals surface area contributed by atoms with Gasteiger partial charge in [-0.1, -0.05) is 40.2 Å². The van der Waals surface area contributed by atoms with Crippen molar-refractivity contribution in [1.29, 1.82) is 0 Å². The minimum atomic E-state index is -0.0794. The molecular weight excluding hydrogens is 322 g/mol. The zero-order chi connectivity index (χ0) is 13.7. The van der Waals surface area contributed by atoms with Crippen molar-refractivity contribution in [1.82, 2.24) is 0 Å². The molecule has 0 fully saturated rings. The Morgan fingerprint density at radius 2 is 2.00 bits per heavy atom. The van der Waals surface area contributed by atoms with E-state index < -0.39 is 0 Å². The lowest BCUT2D eigenvalue weighted by Crippen LogP contribution is -2.12. The molecule has 0 heterocycles. The smallest absolute Gasteiger partial charge is 0.255 e. The van der Waals surface area contributed by atoms with Gasteiger partial charge < -0.3 is 5.32 Å². The highest BCUT2D eigenvalue weighted by molar-refractivity contribution is 9.08. The van der Waals surface area contributed by atoms with Gasteiger partial charge in [-0.15, -0.1) is 11.8 Å². The van der Waals surface area contributed by atoms with Crippen LogP contribution in [0.15, 0.2) is 53.4 Å². The minimum absolute atomic E-state index is 0.0794. The van der Waals surface area contributed by atoms with Crippen molar-refractivity contribution in [2.24, 2.45) is 0 Å². The lowest BCUT2D eigenvalue weighted by atomic mass is 10.1. The van der Waals surface area contributed by atoms with Gasteiger partial charge in [0.15, 0.2) is 0 Å². The molecule has 0 saturated carbocycles. The standard InChI is InChI=1S/C15H14BrNOS/c1-19-14-8-3-2-7-13(14)17-15(18)12-6-4-5-11(9-12)10-16/h2-9H,10H2,1H3,(H,17,18). The number of nitrogens with one attached hydrogen (secondary N) is 1. The largest absolute Gasteiger partial charge is 0.321 e. The molecule has 0 aromatic heterocycles. The Hall–Kier alpha value is -1.26. The molecule has 0 atom stereocenters. The van der Waals surface area contributed by atoms with E-state index >= 15 is 0 Å². The molecule has 4 heteroatoms. The SMILES string of the molecule is CSc1ccccc1NC(=O)c1cccc(CBr)c1. The molecule has 0 spiro atoms. The van der Waals surface area contributed by atoms with Gasteiger partial charge in [0.05, 0.1) is 5.69 Å². The molecule has 0 unspecified atom stereocenters. The summed E-state index contributed by atoms with van der Waals surface area (Å²) in [6.45, 7) is 0. The zero-order valence-electron chi connectivity index (χ0n) is 10.5. The van der Waals surface area contributed by atoms with E-state index in [1.807, 2.05) is 54.8 Å². The van der Waals surface area contributed by atoms with Crippen molar-refractivity contribution in [2.45, 2.75) is 10.2 Å². The van der Waals surface area contributed by atoms with Gasteiger partial charge >= 0.3 is 0 Å². The molecule has 2 nitrogen and oxygen atoms in total. The van der Waals surface area contributed by atoms with Crippen LogP contribution in [0, 0.1) is 0 Å². The van der Waals surface area contributed by atoms with Gasteiger partial charge in [0.2, 0.25) is 0 Å². The van der Waals surface area contributed by atoms with Gasteiger partial charge in [-0.25, -0.2) is 0 Å². The summed E-state index contributed by atoms with van der Waals surface area (Å²) in [7, 11) is 0. The van der Waals surface area contributed by atoms with Gasteiger partial charge in [-0.2, -0.15) is 0 Å². The van der Waals surface area contributed by atoms with Gasteiger partial charge in [-0.3, -0.25) is 4.79 Å². The van der Waals surface area contributed by atoms with Crippen LogP contribution in [0.1, 0.15) is 15.9 Å². The number of rotatable bonds is 4. The van der Waals surface area contributed by atoms with Gasteiger partial charge in [0, 0.05) is 15.8 Å². The fourth-order valence-corrected chi connectivity index (χ4v) is 2.64. The fraction of sp³-hybridized carbons (Fsp3) is 0.133. The Morgan fingerprint density at radius 3 is 2.74 bits per heavy atom. The van der Waals surface area contributed by atoms with Crippen molar-refractivity contribution in [3.05, 3.63) is 59.7 Å². The predicted molar refractivity (Wildman–Crippen MR) is 85.2 cm³/mol. The first-order valence-corrected chi connectivity index (χ1v) is 8.18. The first-order chi connectivity index (χ1) is 9.24. The number of para-hydroxylation sites is 1. The molecule has 0 aliphatic carbocycles. The summed E-state index contributed by atoms with van der Waals surface area (Å²) < 4.78 is 0. The van der Waals surface area contributed by atoms with E-state index in [9.17, 15) is 4.79 Å². The van der Waals surface area contributed by atoms with E-state index in [2.05, 4.69) is 21.2 Å². The van der Waals surface area contributed by atoms with Crippen molar-refractivity contribution in [3.8, 4) is 0 Å². The van der Waals surface area contributed by atoms with Crippen LogP contribution in [-0.2, 0) is 5.33 Å². The highest BCUT2D eigenvalue weighted by Gasteiger charge is 2.08. The summed E-state index contributed by atoms with van der Waals surface area (Å²) in [4.78, 5) is 13.3. The summed E-state index contributed by atoms with van der Waals surface area (Å²) in [5.74, 6) is -0.0794. The number of thioether (sulfide) groups is 1. The van der Waals surface area contributed by atoms with E-state index in [1.165, 1.54) is 0 Å². The fourth-order valence-electron chi connectivity index (χ4n) is 1.74. The third-order valence-electron chi connectivity index (χ3n) is 2.70. The second-order valence-corrected chi connectivity index (χ2v) is 5.40. The molecule has 0 bridgehead atoms. The zero-order valence-corrected chi connectivity index (χ0v) is 12.9. The van der Waals surface area contributed by atoms with Crippen molar-refractivity contribution in [2.75, 3.05) is 11.6 Å². The third-order valence-corrected chi connectivity index (χ3v) is 4.14. The average Bonchev–Trinajstić information content (AvgIpc) is 2.47. The van der Waals surface area contributed by atoms with E-state index in [0.29, 0.717) is 5.56 Å². The molecule has 98 valence electrons. The molecule has 0 aliphatic rings. The maximum absolute atomic E-state index is 12.2. The van der Waals surface area contributed by atoms with Crippen LogP contribution in [-0.4, -0.2) is 12.2 Å². The number of hydrogen-bond acceptors (Lipinski definition) is 2. The Bertz CT molecular complexity index is 586. The number of benzene rings is 2. The lowest BCUT2D eigenvalue weighted by Gasteiger charge is -2.09. The molecule has 2 rings (SSSR count). The average molecular weight is 336 g/mol. The number of anilines is 1. The maximum atomic E-state index is 12.2. The summed E-state index contributed by atoms with van der Waals surface area (Å²) in [5, 5.41) is 3.70. The first kappa shape index (κ1) is 14.2. The highest BCUT2D eigenvalue weighted by Crippen LogP contribution is 2.25. The summed E-state index contributed by atoms with van der Waals surface area (Å²) >= 11 is 5.01. The molecule has 1 N–H and O–H groups in total. The molecule has 2 aromatic rings. The monoisotopic (exact) mass is 335 g/mol. The second kappa shape index (κ2) is 6.78. The number of carbonyl (C=O) groups excluding carboxylic acids is 1. The minimum Gasteiger partial charge on any atom is -0.321 e. The number of alkyl halides is 1. The molecule has 1 amide bonds. The van der Waals surface area contributed by atoms with E-state index in [0.717, 1.165) is 21.5 Å². The molecule has 0 radical (unpaired) electrons. The number of amides is 1. The number of hydrogen-bond donors (Lipinski definition) is 1. The Labute approximate surface area is 125 Å². The Kier molecular flexibility index (Phi) is 5.05. The van der Waals surface area contributed by atoms with Crippen LogP contribution in [0.2, 0.25) is 0 Å². The highest BCUT2D eigenvalue weighted by atomic mass is 79.9. The predicted octanol–water partition coefficient (Wildman–Crippen LogP) is 4.56. The van der Waals surface area contributed by atoms with E-state index in [-0.39, 0.29) is 5.91 Å². The molecule has 0 aliphatic heterocycles. The number of carbonyl (C=O) groups is 1. The summed E-state index contributed by atoms with van der Waals surface area (Å²) in [5.41, 5.74) is 2.61. The Balaban J connectivity index is 2.20. The maximum Gasteiger partial charge on any atom is 0.255 e. The van der Waals surface area contributed by atoms with E-state index in [1.54, 1.807) is 11.8 Å². The normalized spacial score (nSPS) is 10.2. The summed E-state index contributed by atoms with van der Waals surface area (Å²) in [6, 6.07) is 15.4. The van der Waals surface area contributed by atoms with Crippen molar-refractivity contribution in [3.63, 3.8) is 0 Å². The molecule has 0 saturated heterocycles. The second-order valence-electron chi connectivity index (χ2n) is 3.99. The third kappa shape index (κ3) is 3.61. The van der Waals surface area contributed by atoms with E-state index in [4.69, 9.17) is 0 Å². The van der Waals surface area contributed by atoms with Crippen LogP contribution < -0.4 is 5.32 Å². The molecule has 2 aromatic carbocycles. The number of halogens is 1. The van der Waals surface area contributed by atoms with Crippen LogP contribution in [0.4, 0.5) is 5.69 Å². The van der Waals surface area contributed by atoms with Crippen molar-refractivity contribution >= 4 is 39.3 Å². The lowest BCUT2D eigenvalue weighted by molar-refractivity contribution is 0.102. The molecular formula is C15H14BrNOS. The Morgan fingerprint density at radius 1 is 1.21 bits per heavy atom. The van der Waals surface area contributed by atoms with Crippen LogP contribution >= 0.6 is 27.7 Å². The summed E-state index contributed by atoms with van der Waals surface area (Å²) in [6.07, 6.45) is 2.00. The van der Waals surface area contributed by atoms with Gasteiger partial charge in [0.25, 0.3) is 5.91 Å². The molecule has 19 heavy (non-hydrogen) atoms. The van der Waals surface area contributed by atoms with Crippen LogP contribution in [0.5, 0.6) is 0 Å². The van der Waals surface area contributed by atoms with Gasteiger partial charge in [-0.05, 0) is 36.1 Å². The van der Waals surface area contributed by atoms with Crippen LogP contribution in [0.3, 0.4) is 0 Å².